The number of rotatable bonds is 7. The molecule has 2 N–H and O–H groups in total. The maximum atomic E-state index is 6.49. The van der Waals surface area contributed by atoms with Crippen LogP contribution in [0.3, 0.4) is 0 Å². The highest BCUT2D eigenvalue weighted by molar-refractivity contribution is 9.10. The molecule has 2 aromatic heterocycles. The summed E-state index contributed by atoms with van der Waals surface area (Å²) in [6.45, 7) is 6.23. The van der Waals surface area contributed by atoms with Gasteiger partial charge in [0, 0.05) is 13.7 Å². The molecule has 0 spiro atoms. The summed E-state index contributed by atoms with van der Waals surface area (Å²) in [7, 11) is 1.68. The van der Waals surface area contributed by atoms with Crippen molar-refractivity contribution in [3.63, 3.8) is 0 Å². The zero-order valence-corrected chi connectivity index (χ0v) is 14.3. The Labute approximate surface area is 133 Å². The molecule has 0 bridgehead atoms. The second-order valence-electron chi connectivity index (χ2n) is 4.80. The van der Waals surface area contributed by atoms with Crippen LogP contribution >= 0.6 is 15.9 Å². The summed E-state index contributed by atoms with van der Waals surface area (Å²) in [6, 6.07) is 1.81. The number of nitrogens with two attached hydrogens (primary N) is 1. The quantitative estimate of drug-likeness (QED) is 0.825. The Balaban J connectivity index is 2.37. The first-order valence-corrected chi connectivity index (χ1v) is 7.93. The van der Waals surface area contributed by atoms with E-state index in [0.717, 1.165) is 34.5 Å². The summed E-state index contributed by atoms with van der Waals surface area (Å²) < 4.78 is 9.89. The normalized spacial score (nSPS) is 12.8. The molecule has 0 saturated heterocycles. The van der Waals surface area contributed by atoms with E-state index in [1.807, 2.05) is 9.36 Å². The average molecular weight is 356 g/mol. The van der Waals surface area contributed by atoms with Gasteiger partial charge in [-0.3, -0.25) is 9.36 Å². The third kappa shape index (κ3) is 3.36. The van der Waals surface area contributed by atoms with Crippen molar-refractivity contribution in [1.82, 2.24) is 19.6 Å². The minimum Gasteiger partial charge on any atom is -0.383 e. The molecule has 2 aromatic rings. The van der Waals surface area contributed by atoms with Crippen molar-refractivity contribution in [2.24, 2.45) is 5.73 Å². The van der Waals surface area contributed by atoms with E-state index >= 15 is 0 Å². The zero-order chi connectivity index (χ0) is 15.4. The topological polar surface area (TPSA) is 70.9 Å². The fraction of sp³-hybridized carbons (Fsp3) is 0.571. The number of methoxy groups -OCH3 is 1. The predicted octanol–water partition coefficient (Wildman–Crippen LogP) is 2.12. The average Bonchev–Trinajstić information content (AvgIpc) is 3.07. The van der Waals surface area contributed by atoms with E-state index in [-0.39, 0.29) is 6.04 Å². The van der Waals surface area contributed by atoms with Gasteiger partial charge >= 0.3 is 0 Å². The van der Waals surface area contributed by atoms with E-state index in [1.165, 1.54) is 0 Å². The van der Waals surface area contributed by atoms with E-state index in [9.17, 15) is 0 Å². The van der Waals surface area contributed by atoms with Crippen LogP contribution in [0.15, 0.2) is 16.7 Å². The summed E-state index contributed by atoms with van der Waals surface area (Å²) in [5, 5.41) is 8.93. The Bertz CT molecular complexity index is 592. The lowest BCUT2D eigenvalue weighted by atomic mass is 10.1. The number of hydrogen-bond acceptors (Lipinski definition) is 4. The van der Waals surface area contributed by atoms with Crippen molar-refractivity contribution in [3.05, 3.63) is 33.8 Å². The van der Waals surface area contributed by atoms with Gasteiger partial charge in [-0.1, -0.05) is 6.92 Å². The van der Waals surface area contributed by atoms with Gasteiger partial charge in [-0.05, 0) is 35.3 Å². The maximum absolute atomic E-state index is 6.49. The number of aromatic nitrogens is 4. The third-order valence-electron chi connectivity index (χ3n) is 3.48. The Kier molecular flexibility index (Phi) is 5.55. The fourth-order valence-electron chi connectivity index (χ4n) is 2.34. The lowest BCUT2D eigenvalue weighted by Gasteiger charge is -2.16. The molecule has 6 nitrogen and oxygen atoms in total. The van der Waals surface area contributed by atoms with Gasteiger partial charge in [0.15, 0.2) is 0 Å². The van der Waals surface area contributed by atoms with Gasteiger partial charge in [0.05, 0.1) is 46.9 Å². The first-order valence-electron chi connectivity index (χ1n) is 7.14. The minimum absolute atomic E-state index is 0.272. The fourth-order valence-corrected chi connectivity index (χ4v) is 2.88. The maximum Gasteiger partial charge on any atom is 0.0905 e. The van der Waals surface area contributed by atoms with Crippen LogP contribution in [0, 0.1) is 0 Å². The summed E-state index contributed by atoms with van der Waals surface area (Å²) >= 11 is 3.54. The van der Waals surface area contributed by atoms with Crippen LogP contribution in [0.25, 0.3) is 0 Å². The Morgan fingerprint density at radius 1 is 1.38 bits per heavy atom. The molecule has 0 radical (unpaired) electrons. The second kappa shape index (κ2) is 7.20. The van der Waals surface area contributed by atoms with E-state index in [4.69, 9.17) is 10.5 Å². The highest BCUT2D eigenvalue weighted by atomic mass is 79.9. The molecule has 21 heavy (non-hydrogen) atoms. The molecule has 0 aliphatic heterocycles. The Morgan fingerprint density at radius 3 is 2.76 bits per heavy atom. The standard InChI is InChI=1S/C14H22BrN5O/c1-4-10-8-12(19(5-2)18-10)13(16)14-11(15)9-17-20(14)6-7-21-3/h8-9,13H,4-7,16H2,1-3H3. The minimum atomic E-state index is -0.272. The van der Waals surface area contributed by atoms with Crippen LogP contribution in [0.5, 0.6) is 0 Å². The molecule has 0 fully saturated rings. The van der Waals surface area contributed by atoms with Crippen molar-refractivity contribution >= 4 is 15.9 Å². The van der Waals surface area contributed by atoms with E-state index < -0.39 is 0 Å². The highest BCUT2D eigenvalue weighted by Crippen LogP contribution is 2.27. The first-order chi connectivity index (χ1) is 10.1. The van der Waals surface area contributed by atoms with Gasteiger partial charge in [0.1, 0.15) is 0 Å². The molecule has 0 aromatic carbocycles. The van der Waals surface area contributed by atoms with Gasteiger partial charge in [0.2, 0.25) is 0 Å². The molecule has 0 aliphatic carbocycles. The molecule has 0 amide bonds. The molecule has 2 heterocycles. The van der Waals surface area contributed by atoms with Crippen molar-refractivity contribution in [3.8, 4) is 0 Å². The zero-order valence-electron chi connectivity index (χ0n) is 12.7. The molecule has 0 aliphatic rings. The van der Waals surface area contributed by atoms with Crippen molar-refractivity contribution in [2.45, 2.75) is 39.4 Å². The smallest absolute Gasteiger partial charge is 0.0905 e. The van der Waals surface area contributed by atoms with Crippen molar-refractivity contribution in [2.75, 3.05) is 13.7 Å². The SMILES string of the molecule is CCc1cc(C(N)c2c(Br)cnn2CCOC)n(CC)n1. The van der Waals surface area contributed by atoms with Gasteiger partial charge in [-0.15, -0.1) is 0 Å². The van der Waals surface area contributed by atoms with Crippen molar-refractivity contribution in [1.29, 1.82) is 0 Å². The van der Waals surface area contributed by atoms with Crippen molar-refractivity contribution < 1.29 is 4.74 Å². The Morgan fingerprint density at radius 2 is 2.14 bits per heavy atom. The summed E-state index contributed by atoms with van der Waals surface area (Å²) in [4.78, 5) is 0. The predicted molar refractivity (Wildman–Crippen MR) is 85.1 cm³/mol. The molecular formula is C14H22BrN5O. The molecule has 1 atom stereocenters. The molecule has 7 heteroatoms. The molecular weight excluding hydrogens is 334 g/mol. The van der Waals surface area contributed by atoms with E-state index in [0.29, 0.717) is 13.2 Å². The van der Waals surface area contributed by atoms with Gasteiger partial charge in [-0.25, -0.2) is 0 Å². The van der Waals surface area contributed by atoms with Crippen LogP contribution in [0.1, 0.15) is 37.0 Å². The second-order valence-corrected chi connectivity index (χ2v) is 5.66. The number of nitrogens with zero attached hydrogens (tertiary/aromatic N) is 4. The summed E-state index contributed by atoms with van der Waals surface area (Å²) in [6.07, 6.45) is 2.68. The molecule has 2 rings (SSSR count). The first kappa shape index (κ1) is 16.2. The molecule has 116 valence electrons. The molecule has 1 unspecified atom stereocenters. The highest BCUT2D eigenvalue weighted by Gasteiger charge is 2.22. The summed E-state index contributed by atoms with van der Waals surface area (Å²) in [5.41, 5.74) is 9.50. The number of halogens is 1. The summed E-state index contributed by atoms with van der Waals surface area (Å²) in [5.74, 6) is 0. The van der Waals surface area contributed by atoms with Crippen LogP contribution in [0.2, 0.25) is 0 Å². The van der Waals surface area contributed by atoms with Gasteiger partial charge in [0.25, 0.3) is 0 Å². The Hall–Kier alpha value is -1.18. The largest absolute Gasteiger partial charge is 0.383 e. The third-order valence-corrected chi connectivity index (χ3v) is 4.09. The van der Waals surface area contributed by atoms with Gasteiger partial charge < -0.3 is 10.5 Å². The van der Waals surface area contributed by atoms with E-state index in [2.05, 4.69) is 46.0 Å². The lowest BCUT2D eigenvalue weighted by molar-refractivity contribution is 0.182. The number of ether oxygens (including phenoxy) is 1. The van der Waals surface area contributed by atoms with Crippen LogP contribution in [0.4, 0.5) is 0 Å². The number of aryl methyl sites for hydroxylation is 2. The monoisotopic (exact) mass is 355 g/mol. The van der Waals surface area contributed by atoms with Crippen LogP contribution < -0.4 is 5.73 Å². The van der Waals surface area contributed by atoms with Gasteiger partial charge in [-0.2, -0.15) is 10.2 Å². The van der Waals surface area contributed by atoms with Crippen LogP contribution in [-0.4, -0.2) is 33.3 Å². The molecule has 0 saturated carbocycles. The van der Waals surface area contributed by atoms with E-state index in [1.54, 1.807) is 13.3 Å². The lowest BCUT2D eigenvalue weighted by Crippen LogP contribution is -2.22. The number of hydrogen-bond donors (Lipinski definition) is 1. The van der Waals surface area contributed by atoms with Crippen LogP contribution in [-0.2, 0) is 24.2 Å².